The van der Waals surface area contributed by atoms with Crippen molar-refractivity contribution in [1.82, 2.24) is 0 Å². The van der Waals surface area contributed by atoms with Crippen molar-refractivity contribution in [3.8, 4) is 0 Å². The highest BCUT2D eigenvalue weighted by molar-refractivity contribution is 5.89. The van der Waals surface area contributed by atoms with E-state index in [1.165, 1.54) is 32.9 Å². The number of hydrogen-bond acceptors (Lipinski definition) is 0. The Kier molecular flexibility index (Phi) is 3.27. The zero-order chi connectivity index (χ0) is 12.0. The summed E-state index contributed by atoms with van der Waals surface area (Å²) in [7, 11) is 2.14. The summed E-state index contributed by atoms with van der Waals surface area (Å²) < 4.78 is 2.28. The second-order valence-corrected chi connectivity index (χ2v) is 4.83. The minimum atomic E-state index is 0. The number of nitrogens with zero attached hydrogens (tertiary/aromatic N) is 1. The number of pyridine rings is 1. The first-order chi connectivity index (χ1) is 8.15. The summed E-state index contributed by atoms with van der Waals surface area (Å²) in [5.74, 6) is 0. The van der Waals surface area contributed by atoms with Crippen molar-refractivity contribution in [2.75, 3.05) is 0 Å². The van der Waals surface area contributed by atoms with Gasteiger partial charge in [0.25, 0.3) is 0 Å². The molecule has 92 valence electrons. The highest BCUT2D eigenvalue weighted by atomic mass is 35.5. The predicted molar refractivity (Wildman–Crippen MR) is 72.1 cm³/mol. The molecule has 1 aromatic heterocycles. The van der Waals surface area contributed by atoms with Crippen LogP contribution in [0.1, 0.15) is 11.1 Å². The summed E-state index contributed by atoms with van der Waals surface area (Å²) in [5, 5.41) is 2.60. The van der Waals surface area contributed by atoms with Gasteiger partial charge in [0.05, 0.1) is 0 Å². The molecule has 2 heteroatoms. The molecule has 0 atom stereocenters. The molecule has 0 aliphatic carbocycles. The molecular weight excluding hydrogens is 242 g/mol. The lowest BCUT2D eigenvalue weighted by molar-refractivity contribution is -0.617. The summed E-state index contributed by atoms with van der Waals surface area (Å²) in [4.78, 5) is 0. The van der Waals surface area contributed by atoms with E-state index in [-0.39, 0.29) is 12.4 Å². The van der Waals surface area contributed by atoms with E-state index < -0.39 is 0 Å². The van der Waals surface area contributed by atoms with Gasteiger partial charge in [0, 0.05) is 22.9 Å². The van der Waals surface area contributed by atoms with Crippen molar-refractivity contribution in [1.29, 1.82) is 0 Å². The highest BCUT2D eigenvalue weighted by Gasteiger charge is 2.11. The minimum Gasteiger partial charge on any atom is -1.00 e. The Morgan fingerprint density at radius 3 is 1.61 bits per heavy atom. The Bertz CT molecular complexity index is 672. The van der Waals surface area contributed by atoms with Crippen molar-refractivity contribution < 1.29 is 17.0 Å². The minimum absolute atomic E-state index is 0. The van der Waals surface area contributed by atoms with Crippen LogP contribution in [-0.4, -0.2) is 0 Å². The van der Waals surface area contributed by atoms with Gasteiger partial charge in [0.2, 0.25) is 11.0 Å². The molecule has 3 rings (SSSR count). The standard InChI is InChI=1S/C16H16N.ClH/c1-11-4-6-13-10-14-7-5-12(2)9-16(14)17(3)15(13)8-11;/h4-10H,1-3H3;1H/q+1;/p-1. The Morgan fingerprint density at radius 2 is 1.17 bits per heavy atom. The molecule has 0 aliphatic heterocycles. The third-order valence-corrected chi connectivity index (χ3v) is 3.41. The molecule has 0 bridgehead atoms. The van der Waals surface area contributed by atoms with Gasteiger partial charge in [-0.2, -0.15) is 4.57 Å². The fraction of sp³-hybridized carbons (Fsp3) is 0.188. The van der Waals surface area contributed by atoms with Crippen LogP contribution in [0, 0.1) is 13.8 Å². The third kappa shape index (κ3) is 1.95. The first-order valence-corrected chi connectivity index (χ1v) is 5.95. The lowest BCUT2D eigenvalue weighted by Crippen LogP contribution is -3.00. The van der Waals surface area contributed by atoms with E-state index in [1.54, 1.807) is 0 Å². The van der Waals surface area contributed by atoms with Gasteiger partial charge in [-0.15, -0.1) is 0 Å². The summed E-state index contributed by atoms with van der Waals surface area (Å²) >= 11 is 0. The lowest BCUT2D eigenvalue weighted by atomic mass is 10.1. The number of aromatic nitrogens is 1. The van der Waals surface area contributed by atoms with Gasteiger partial charge in [0.15, 0.2) is 0 Å². The zero-order valence-electron chi connectivity index (χ0n) is 10.9. The van der Waals surface area contributed by atoms with E-state index in [0.717, 1.165) is 0 Å². The normalized spacial score (nSPS) is 10.6. The monoisotopic (exact) mass is 257 g/mol. The fourth-order valence-corrected chi connectivity index (χ4v) is 2.43. The fourth-order valence-electron chi connectivity index (χ4n) is 2.43. The maximum absolute atomic E-state index is 2.28. The molecule has 18 heavy (non-hydrogen) atoms. The second kappa shape index (κ2) is 4.58. The van der Waals surface area contributed by atoms with E-state index in [9.17, 15) is 0 Å². The Morgan fingerprint density at radius 1 is 0.722 bits per heavy atom. The van der Waals surface area contributed by atoms with Crippen LogP contribution in [0.25, 0.3) is 21.8 Å². The van der Waals surface area contributed by atoms with Crippen LogP contribution in [0.15, 0.2) is 42.5 Å². The molecule has 1 heterocycles. The SMILES string of the molecule is Cc1ccc2cc3ccc(C)cc3[n+](C)c2c1.[Cl-]. The van der Waals surface area contributed by atoms with Crippen LogP contribution in [0.5, 0.6) is 0 Å². The molecule has 1 nitrogen and oxygen atoms in total. The van der Waals surface area contributed by atoms with Gasteiger partial charge in [0.1, 0.15) is 7.05 Å². The summed E-state index contributed by atoms with van der Waals surface area (Å²) in [6.45, 7) is 4.28. The zero-order valence-corrected chi connectivity index (χ0v) is 11.6. The largest absolute Gasteiger partial charge is 1.00 e. The van der Waals surface area contributed by atoms with Gasteiger partial charge >= 0.3 is 0 Å². The summed E-state index contributed by atoms with van der Waals surface area (Å²) in [6, 6.07) is 15.5. The number of fused-ring (bicyclic) bond motifs is 2. The number of benzene rings is 2. The van der Waals surface area contributed by atoms with E-state index in [1.807, 2.05) is 0 Å². The predicted octanol–water partition coefficient (Wildman–Crippen LogP) is 0.438. The van der Waals surface area contributed by atoms with Crippen molar-refractivity contribution in [3.63, 3.8) is 0 Å². The van der Waals surface area contributed by atoms with Crippen LogP contribution in [0.4, 0.5) is 0 Å². The van der Waals surface area contributed by atoms with Gasteiger partial charge in [-0.25, -0.2) is 0 Å². The van der Waals surface area contributed by atoms with Crippen molar-refractivity contribution >= 4 is 21.8 Å². The first-order valence-electron chi connectivity index (χ1n) is 5.95. The lowest BCUT2D eigenvalue weighted by Gasteiger charge is -2.03. The Labute approximate surface area is 113 Å². The number of rotatable bonds is 0. The van der Waals surface area contributed by atoms with Crippen molar-refractivity contribution in [2.45, 2.75) is 13.8 Å². The molecule has 0 saturated heterocycles. The van der Waals surface area contributed by atoms with E-state index in [2.05, 4.69) is 67.9 Å². The summed E-state index contributed by atoms with van der Waals surface area (Å²) in [5.41, 5.74) is 5.20. The topological polar surface area (TPSA) is 3.88 Å². The molecule has 0 amide bonds. The Hall–Kier alpha value is -1.60. The quantitative estimate of drug-likeness (QED) is 0.407. The molecule has 0 N–H and O–H groups in total. The number of hydrogen-bond donors (Lipinski definition) is 0. The number of aryl methyl sites for hydroxylation is 3. The smallest absolute Gasteiger partial charge is 0.213 e. The van der Waals surface area contributed by atoms with Gasteiger partial charge < -0.3 is 12.4 Å². The van der Waals surface area contributed by atoms with Crippen LogP contribution < -0.4 is 17.0 Å². The maximum atomic E-state index is 2.28. The van der Waals surface area contributed by atoms with E-state index in [4.69, 9.17) is 0 Å². The maximum Gasteiger partial charge on any atom is 0.213 e. The molecule has 0 spiro atoms. The van der Waals surface area contributed by atoms with E-state index in [0.29, 0.717) is 0 Å². The van der Waals surface area contributed by atoms with Crippen molar-refractivity contribution in [3.05, 3.63) is 53.6 Å². The van der Waals surface area contributed by atoms with E-state index >= 15 is 0 Å². The molecule has 0 saturated carbocycles. The molecule has 0 unspecified atom stereocenters. The molecular formula is C16H16ClN. The highest BCUT2D eigenvalue weighted by Crippen LogP contribution is 2.19. The van der Waals surface area contributed by atoms with Crippen LogP contribution in [-0.2, 0) is 7.05 Å². The first kappa shape index (κ1) is 12.8. The van der Waals surface area contributed by atoms with Crippen LogP contribution in [0.2, 0.25) is 0 Å². The summed E-state index contributed by atoms with van der Waals surface area (Å²) in [6.07, 6.45) is 0. The Balaban J connectivity index is 0.00000120. The average molecular weight is 258 g/mol. The molecule has 0 aliphatic rings. The van der Waals surface area contributed by atoms with Gasteiger partial charge in [-0.05, 0) is 43.2 Å². The molecule has 0 fully saturated rings. The average Bonchev–Trinajstić information content (AvgIpc) is 2.32. The van der Waals surface area contributed by atoms with Crippen LogP contribution in [0.3, 0.4) is 0 Å². The second-order valence-electron chi connectivity index (χ2n) is 4.83. The number of halogens is 1. The van der Waals surface area contributed by atoms with Crippen molar-refractivity contribution in [2.24, 2.45) is 7.05 Å². The molecule has 0 radical (unpaired) electrons. The van der Waals surface area contributed by atoms with Gasteiger partial charge in [-0.1, -0.05) is 12.1 Å². The third-order valence-electron chi connectivity index (χ3n) is 3.41. The molecule has 2 aromatic carbocycles. The van der Waals surface area contributed by atoms with Gasteiger partial charge in [-0.3, -0.25) is 0 Å². The van der Waals surface area contributed by atoms with Crippen LogP contribution >= 0.6 is 0 Å². The molecule has 3 aromatic rings.